The Kier molecular flexibility index (Phi) is 7.32. The van der Waals surface area contributed by atoms with E-state index in [2.05, 4.69) is 17.2 Å². The van der Waals surface area contributed by atoms with Crippen molar-refractivity contribution in [3.05, 3.63) is 36.5 Å². The zero-order chi connectivity index (χ0) is 13.9. The summed E-state index contributed by atoms with van der Waals surface area (Å²) in [6.45, 7) is 4.80. The number of nitrogens with one attached hydrogen (secondary N) is 2. The number of allylic oxidation sites excluding steroid dienone is 3. The van der Waals surface area contributed by atoms with Crippen LogP contribution in [0.2, 0.25) is 0 Å². The second-order valence-electron chi connectivity index (χ2n) is 4.49. The van der Waals surface area contributed by atoms with E-state index >= 15 is 0 Å². The molecule has 0 spiro atoms. The Morgan fingerprint density at radius 3 is 2.42 bits per heavy atom. The molecule has 0 aromatic rings. The van der Waals surface area contributed by atoms with Crippen LogP contribution in [0.15, 0.2) is 36.5 Å². The van der Waals surface area contributed by atoms with Crippen LogP contribution in [0.25, 0.3) is 0 Å². The zero-order valence-electron chi connectivity index (χ0n) is 11.3. The van der Waals surface area contributed by atoms with Crippen molar-refractivity contribution >= 4 is 11.8 Å². The molecule has 1 rings (SSSR count). The van der Waals surface area contributed by atoms with E-state index in [1.807, 2.05) is 18.2 Å². The quantitative estimate of drug-likeness (QED) is 0.492. The summed E-state index contributed by atoms with van der Waals surface area (Å²) in [5.41, 5.74) is 0.840. The monoisotopic (exact) mass is 262 g/mol. The fourth-order valence-corrected chi connectivity index (χ4v) is 1.82. The highest BCUT2D eigenvalue weighted by Gasteiger charge is 2.08. The van der Waals surface area contributed by atoms with Crippen LogP contribution in [0.4, 0.5) is 0 Å². The van der Waals surface area contributed by atoms with Gasteiger partial charge in [-0.3, -0.25) is 9.59 Å². The largest absolute Gasteiger partial charge is 0.353 e. The lowest BCUT2D eigenvalue weighted by Gasteiger charge is -2.06. The number of carbonyl (C=O) groups excluding carboxylic acids is 2. The number of unbranched alkanes of at least 4 members (excludes halogenated alkanes) is 3. The molecule has 1 aliphatic carbocycles. The first kappa shape index (κ1) is 15.2. The van der Waals surface area contributed by atoms with Crippen LogP contribution in [0, 0.1) is 0 Å². The molecule has 0 aromatic carbocycles. The van der Waals surface area contributed by atoms with Crippen molar-refractivity contribution in [2.45, 2.75) is 32.1 Å². The van der Waals surface area contributed by atoms with Gasteiger partial charge in [-0.05, 0) is 25.3 Å². The average molecular weight is 262 g/mol. The fraction of sp³-hybridized carbons (Fsp3) is 0.467. The second kappa shape index (κ2) is 9.14. The molecule has 4 heteroatoms. The standard InChI is InChI=1S/C15H22N2O2/c1-2-14(18)16-11-7-3-4-8-12-17-15(19)13-9-5-6-10-13/h2,5-6,9H,1,3-4,7-8,10-12H2,(H,16,18)(H,17,19). The summed E-state index contributed by atoms with van der Waals surface area (Å²) in [6, 6.07) is 0. The van der Waals surface area contributed by atoms with E-state index in [4.69, 9.17) is 0 Å². The highest BCUT2D eigenvalue weighted by atomic mass is 16.2. The van der Waals surface area contributed by atoms with Crippen LogP contribution < -0.4 is 10.6 Å². The molecular weight excluding hydrogens is 240 g/mol. The van der Waals surface area contributed by atoms with Gasteiger partial charge >= 0.3 is 0 Å². The molecule has 19 heavy (non-hydrogen) atoms. The zero-order valence-corrected chi connectivity index (χ0v) is 11.3. The van der Waals surface area contributed by atoms with E-state index in [1.165, 1.54) is 6.08 Å². The number of hydrogen-bond acceptors (Lipinski definition) is 2. The highest BCUT2D eigenvalue weighted by Crippen LogP contribution is 2.09. The summed E-state index contributed by atoms with van der Waals surface area (Å²) >= 11 is 0. The second-order valence-corrected chi connectivity index (χ2v) is 4.49. The van der Waals surface area contributed by atoms with Gasteiger partial charge in [0.05, 0.1) is 0 Å². The molecule has 0 saturated heterocycles. The summed E-state index contributed by atoms with van der Waals surface area (Å²) < 4.78 is 0. The van der Waals surface area contributed by atoms with Crippen LogP contribution >= 0.6 is 0 Å². The third kappa shape index (κ3) is 6.60. The van der Waals surface area contributed by atoms with Crippen molar-refractivity contribution in [1.82, 2.24) is 10.6 Å². The molecule has 0 unspecified atom stereocenters. The smallest absolute Gasteiger partial charge is 0.247 e. The third-order valence-corrected chi connectivity index (χ3v) is 2.94. The van der Waals surface area contributed by atoms with Gasteiger partial charge in [0.1, 0.15) is 0 Å². The predicted octanol–water partition coefficient (Wildman–Crippen LogP) is 1.85. The first-order valence-electron chi connectivity index (χ1n) is 6.78. The number of amides is 2. The van der Waals surface area contributed by atoms with E-state index in [1.54, 1.807) is 0 Å². The molecule has 0 aromatic heterocycles. The Morgan fingerprint density at radius 1 is 1.16 bits per heavy atom. The Morgan fingerprint density at radius 2 is 1.84 bits per heavy atom. The summed E-state index contributed by atoms with van der Waals surface area (Å²) in [5.74, 6) is -0.0750. The molecule has 2 amide bonds. The van der Waals surface area contributed by atoms with Gasteiger partial charge < -0.3 is 10.6 Å². The van der Waals surface area contributed by atoms with Crippen molar-refractivity contribution in [3.8, 4) is 0 Å². The molecule has 2 N–H and O–H groups in total. The van der Waals surface area contributed by atoms with Gasteiger partial charge in [0.15, 0.2) is 0 Å². The molecule has 0 atom stereocenters. The molecule has 104 valence electrons. The first-order valence-corrected chi connectivity index (χ1v) is 6.78. The Hall–Kier alpha value is -1.84. The van der Waals surface area contributed by atoms with Gasteiger partial charge in [0.25, 0.3) is 0 Å². The SMILES string of the molecule is C=CC(=O)NCCCCCCNC(=O)C1=CC=CC1. The molecular formula is C15H22N2O2. The normalized spacial score (nSPS) is 12.9. The molecule has 4 nitrogen and oxygen atoms in total. The van der Waals surface area contributed by atoms with Gasteiger partial charge in [-0.2, -0.15) is 0 Å². The summed E-state index contributed by atoms with van der Waals surface area (Å²) in [4.78, 5) is 22.5. The lowest BCUT2D eigenvalue weighted by atomic mass is 10.2. The van der Waals surface area contributed by atoms with E-state index in [-0.39, 0.29) is 11.8 Å². The number of rotatable bonds is 9. The van der Waals surface area contributed by atoms with Crippen LogP contribution in [0.5, 0.6) is 0 Å². The summed E-state index contributed by atoms with van der Waals surface area (Å²) in [6.07, 6.45) is 11.8. The lowest BCUT2D eigenvalue weighted by molar-refractivity contribution is -0.118. The fourth-order valence-electron chi connectivity index (χ4n) is 1.82. The Labute approximate surface area is 114 Å². The van der Waals surface area contributed by atoms with Gasteiger partial charge in [0, 0.05) is 18.7 Å². The molecule has 1 aliphatic rings. The van der Waals surface area contributed by atoms with Crippen molar-refractivity contribution in [2.75, 3.05) is 13.1 Å². The highest BCUT2D eigenvalue weighted by molar-refractivity contribution is 5.94. The maximum Gasteiger partial charge on any atom is 0.247 e. The molecule has 0 heterocycles. The van der Waals surface area contributed by atoms with Crippen LogP contribution in [0.1, 0.15) is 32.1 Å². The molecule has 0 saturated carbocycles. The molecule has 0 radical (unpaired) electrons. The molecule has 0 fully saturated rings. The van der Waals surface area contributed by atoms with Crippen molar-refractivity contribution in [3.63, 3.8) is 0 Å². The number of carbonyl (C=O) groups is 2. The predicted molar refractivity (Wildman–Crippen MR) is 76.5 cm³/mol. The topological polar surface area (TPSA) is 58.2 Å². The van der Waals surface area contributed by atoms with Crippen LogP contribution in [-0.2, 0) is 9.59 Å². The van der Waals surface area contributed by atoms with Gasteiger partial charge in [-0.15, -0.1) is 0 Å². The maximum atomic E-state index is 11.6. The Bertz CT molecular complexity index is 384. The van der Waals surface area contributed by atoms with Crippen molar-refractivity contribution in [2.24, 2.45) is 0 Å². The van der Waals surface area contributed by atoms with Crippen LogP contribution in [-0.4, -0.2) is 24.9 Å². The van der Waals surface area contributed by atoms with Crippen LogP contribution in [0.3, 0.4) is 0 Å². The number of hydrogen-bond donors (Lipinski definition) is 2. The minimum atomic E-state index is -0.120. The summed E-state index contributed by atoms with van der Waals surface area (Å²) in [7, 11) is 0. The molecule has 0 bridgehead atoms. The lowest BCUT2D eigenvalue weighted by Crippen LogP contribution is -2.25. The molecule has 0 aliphatic heterocycles. The minimum absolute atomic E-state index is 0.0447. The van der Waals surface area contributed by atoms with Gasteiger partial charge in [-0.1, -0.05) is 37.6 Å². The van der Waals surface area contributed by atoms with E-state index in [0.29, 0.717) is 6.54 Å². The van der Waals surface area contributed by atoms with E-state index in [0.717, 1.165) is 44.2 Å². The first-order chi connectivity index (χ1) is 9.24. The van der Waals surface area contributed by atoms with Gasteiger partial charge in [-0.25, -0.2) is 0 Å². The minimum Gasteiger partial charge on any atom is -0.353 e. The Balaban J connectivity index is 1.90. The van der Waals surface area contributed by atoms with Crippen molar-refractivity contribution in [1.29, 1.82) is 0 Å². The average Bonchev–Trinajstić information content (AvgIpc) is 2.95. The van der Waals surface area contributed by atoms with Gasteiger partial charge in [0.2, 0.25) is 11.8 Å². The van der Waals surface area contributed by atoms with E-state index < -0.39 is 0 Å². The third-order valence-electron chi connectivity index (χ3n) is 2.94. The maximum absolute atomic E-state index is 11.6. The summed E-state index contributed by atoms with van der Waals surface area (Å²) in [5, 5.41) is 5.65. The van der Waals surface area contributed by atoms with E-state index in [9.17, 15) is 9.59 Å². The van der Waals surface area contributed by atoms with Crippen molar-refractivity contribution < 1.29 is 9.59 Å².